The Kier molecular flexibility index (Phi) is 3.50. The zero-order valence-corrected chi connectivity index (χ0v) is 10.2. The van der Waals surface area contributed by atoms with Crippen LogP contribution >= 0.6 is 0 Å². The van der Waals surface area contributed by atoms with Crippen molar-refractivity contribution in [2.24, 2.45) is 0 Å². The Hall–Kier alpha value is -2.04. The van der Waals surface area contributed by atoms with Crippen molar-refractivity contribution in [1.82, 2.24) is 9.97 Å². The van der Waals surface area contributed by atoms with E-state index in [-0.39, 0.29) is 11.3 Å². The predicted octanol–water partition coefficient (Wildman–Crippen LogP) is 3.16. The lowest BCUT2D eigenvalue weighted by molar-refractivity contribution is 0.582. The summed E-state index contributed by atoms with van der Waals surface area (Å²) in [6.07, 6.45) is 2.86. The molecule has 0 bridgehead atoms. The van der Waals surface area contributed by atoms with E-state index in [4.69, 9.17) is 0 Å². The predicted molar refractivity (Wildman–Crippen MR) is 66.3 cm³/mol. The van der Waals surface area contributed by atoms with Crippen LogP contribution in [0.15, 0.2) is 24.5 Å². The molecule has 5 heteroatoms. The summed E-state index contributed by atoms with van der Waals surface area (Å²) in [6.45, 7) is 4.15. The lowest BCUT2D eigenvalue weighted by Gasteiger charge is -2.08. The zero-order valence-electron chi connectivity index (χ0n) is 10.2. The van der Waals surface area contributed by atoms with Gasteiger partial charge in [0.05, 0.1) is 23.7 Å². The number of aromatic nitrogens is 2. The number of hydrogen-bond acceptors (Lipinski definition) is 3. The molecule has 1 aromatic carbocycles. The summed E-state index contributed by atoms with van der Waals surface area (Å²) in [4.78, 5) is 8.08. The molecule has 0 atom stereocenters. The average molecular weight is 249 g/mol. The van der Waals surface area contributed by atoms with E-state index in [1.807, 2.05) is 6.92 Å². The molecule has 0 unspecified atom stereocenters. The van der Waals surface area contributed by atoms with Gasteiger partial charge < -0.3 is 5.32 Å². The molecule has 0 aliphatic rings. The van der Waals surface area contributed by atoms with Crippen LogP contribution in [0.25, 0.3) is 11.3 Å². The molecule has 94 valence electrons. The van der Waals surface area contributed by atoms with E-state index in [1.165, 1.54) is 24.5 Å². The van der Waals surface area contributed by atoms with Crippen molar-refractivity contribution in [3.8, 4) is 11.3 Å². The van der Waals surface area contributed by atoms with Crippen LogP contribution in [-0.2, 0) is 0 Å². The largest absolute Gasteiger partial charge is 0.369 e. The molecule has 2 rings (SSSR count). The lowest BCUT2D eigenvalue weighted by Crippen LogP contribution is -2.02. The minimum absolute atomic E-state index is 0.137. The third-order valence-corrected chi connectivity index (χ3v) is 2.53. The topological polar surface area (TPSA) is 37.8 Å². The van der Waals surface area contributed by atoms with Crippen molar-refractivity contribution in [3.05, 3.63) is 41.7 Å². The minimum Gasteiger partial charge on any atom is -0.369 e. The smallest absolute Gasteiger partial charge is 0.145 e. The first kappa shape index (κ1) is 12.4. The molecule has 0 aliphatic heterocycles. The Morgan fingerprint density at radius 2 is 2.00 bits per heavy atom. The maximum atomic E-state index is 13.9. The minimum atomic E-state index is -0.638. The van der Waals surface area contributed by atoms with Gasteiger partial charge in [0, 0.05) is 6.54 Å². The standard InChI is InChI=1S/C13H13F2N3/c1-3-17-11-7-16-6-10(18-11)12-9(14)5-4-8(2)13(12)15/h4-7H,3H2,1-2H3,(H,17,18). The maximum Gasteiger partial charge on any atom is 0.145 e. The number of rotatable bonds is 3. The normalized spacial score (nSPS) is 10.4. The third-order valence-electron chi connectivity index (χ3n) is 2.53. The van der Waals surface area contributed by atoms with Crippen LogP contribution in [0.4, 0.5) is 14.6 Å². The van der Waals surface area contributed by atoms with Crippen LogP contribution in [-0.4, -0.2) is 16.5 Å². The molecule has 0 saturated carbocycles. The Bertz CT molecular complexity index is 570. The maximum absolute atomic E-state index is 13.9. The number of anilines is 1. The second kappa shape index (κ2) is 5.08. The van der Waals surface area contributed by atoms with Crippen LogP contribution in [0.5, 0.6) is 0 Å². The Morgan fingerprint density at radius 1 is 1.22 bits per heavy atom. The van der Waals surface area contributed by atoms with E-state index in [2.05, 4.69) is 15.3 Å². The molecule has 1 aromatic heterocycles. The highest BCUT2D eigenvalue weighted by atomic mass is 19.1. The molecule has 0 radical (unpaired) electrons. The van der Waals surface area contributed by atoms with Crippen LogP contribution in [0.3, 0.4) is 0 Å². The van der Waals surface area contributed by atoms with Crippen molar-refractivity contribution in [2.45, 2.75) is 13.8 Å². The summed E-state index contributed by atoms with van der Waals surface area (Å²) in [5, 5.41) is 2.95. The average Bonchev–Trinajstić information content (AvgIpc) is 2.35. The first-order chi connectivity index (χ1) is 8.63. The van der Waals surface area contributed by atoms with Crippen molar-refractivity contribution in [2.75, 3.05) is 11.9 Å². The van der Waals surface area contributed by atoms with Crippen molar-refractivity contribution >= 4 is 5.82 Å². The number of aryl methyl sites for hydroxylation is 1. The Balaban J connectivity index is 2.55. The fraction of sp³-hybridized carbons (Fsp3) is 0.231. The molecule has 2 aromatic rings. The van der Waals surface area contributed by atoms with E-state index in [9.17, 15) is 8.78 Å². The van der Waals surface area contributed by atoms with Gasteiger partial charge in [0.15, 0.2) is 0 Å². The summed E-state index contributed by atoms with van der Waals surface area (Å²) in [7, 11) is 0. The number of benzene rings is 1. The van der Waals surface area contributed by atoms with Crippen LogP contribution in [0, 0.1) is 18.6 Å². The van der Waals surface area contributed by atoms with Crippen molar-refractivity contribution in [1.29, 1.82) is 0 Å². The SMILES string of the molecule is CCNc1cncc(-c2c(F)ccc(C)c2F)n1. The highest BCUT2D eigenvalue weighted by molar-refractivity contribution is 5.62. The molecule has 18 heavy (non-hydrogen) atoms. The van der Waals surface area contributed by atoms with Crippen LogP contribution in [0.2, 0.25) is 0 Å². The van der Waals surface area contributed by atoms with Gasteiger partial charge in [-0.15, -0.1) is 0 Å². The molecule has 0 amide bonds. The summed E-state index contributed by atoms with van der Waals surface area (Å²) in [5.74, 6) is -0.741. The fourth-order valence-corrected chi connectivity index (χ4v) is 1.64. The second-order valence-electron chi connectivity index (χ2n) is 3.87. The monoisotopic (exact) mass is 249 g/mol. The van der Waals surface area contributed by atoms with Gasteiger partial charge in [-0.3, -0.25) is 4.98 Å². The summed E-state index contributed by atoms with van der Waals surface area (Å²) in [5.41, 5.74) is 0.427. The van der Waals surface area contributed by atoms with Crippen molar-refractivity contribution in [3.63, 3.8) is 0 Å². The number of nitrogens with zero attached hydrogens (tertiary/aromatic N) is 2. The van der Waals surface area contributed by atoms with E-state index < -0.39 is 11.6 Å². The Morgan fingerprint density at radius 3 is 2.72 bits per heavy atom. The van der Waals surface area contributed by atoms with E-state index in [0.29, 0.717) is 17.9 Å². The fourth-order valence-electron chi connectivity index (χ4n) is 1.64. The molecule has 0 saturated heterocycles. The highest BCUT2D eigenvalue weighted by Crippen LogP contribution is 2.26. The second-order valence-corrected chi connectivity index (χ2v) is 3.87. The van der Waals surface area contributed by atoms with Crippen LogP contribution in [0.1, 0.15) is 12.5 Å². The van der Waals surface area contributed by atoms with Gasteiger partial charge in [-0.2, -0.15) is 0 Å². The zero-order chi connectivity index (χ0) is 13.1. The number of halogens is 2. The molecule has 0 spiro atoms. The molecule has 1 heterocycles. The van der Waals surface area contributed by atoms with Crippen molar-refractivity contribution < 1.29 is 8.78 Å². The third kappa shape index (κ3) is 2.30. The quantitative estimate of drug-likeness (QED) is 0.908. The molecular formula is C13H13F2N3. The van der Waals surface area contributed by atoms with Gasteiger partial charge in [-0.25, -0.2) is 13.8 Å². The van der Waals surface area contributed by atoms with E-state index in [0.717, 1.165) is 0 Å². The summed E-state index contributed by atoms with van der Waals surface area (Å²) < 4.78 is 27.6. The van der Waals surface area contributed by atoms with Crippen LogP contribution < -0.4 is 5.32 Å². The van der Waals surface area contributed by atoms with E-state index >= 15 is 0 Å². The highest BCUT2D eigenvalue weighted by Gasteiger charge is 2.15. The van der Waals surface area contributed by atoms with Gasteiger partial charge in [0.1, 0.15) is 17.5 Å². The Labute approximate surface area is 104 Å². The van der Waals surface area contributed by atoms with Gasteiger partial charge in [-0.1, -0.05) is 6.07 Å². The summed E-state index contributed by atoms with van der Waals surface area (Å²) >= 11 is 0. The molecule has 0 aliphatic carbocycles. The van der Waals surface area contributed by atoms with Gasteiger partial charge in [0.2, 0.25) is 0 Å². The van der Waals surface area contributed by atoms with Gasteiger partial charge in [0.25, 0.3) is 0 Å². The first-order valence-electron chi connectivity index (χ1n) is 5.64. The number of nitrogens with one attached hydrogen (secondary N) is 1. The molecule has 1 N–H and O–H groups in total. The first-order valence-corrected chi connectivity index (χ1v) is 5.64. The number of hydrogen-bond donors (Lipinski definition) is 1. The van der Waals surface area contributed by atoms with Gasteiger partial charge in [-0.05, 0) is 25.5 Å². The molecular weight excluding hydrogens is 236 g/mol. The molecule has 3 nitrogen and oxygen atoms in total. The van der Waals surface area contributed by atoms with Gasteiger partial charge >= 0.3 is 0 Å². The lowest BCUT2D eigenvalue weighted by atomic mass is 10.1. The molecule has 0 fully saturated rings. The summed E-state index contributed by atoms with van der Waals surface area (Å²) in [6, 6.07) is 2.63. The van der Waals surface area contributed by atoms with E-state index in [1.54, 1.807) is 6.92 Å².